The molecular weight excluding hydrogens is 237 g/mol. The molecule has 0 saturated carbocycles. The molecule has 0 radical (unpaired) electrons. The van der Waals surface area contributed by atoms with Gasteiger partial charge in [-0.3, -0.25) is 5.10 Å². The van der Waals surface area contributed by atoms with Crippen LogP contribution in [0.25, 0.3) is 5.69 Å². The van der Waals surface area contributed by atoms with E-state index in [0.29, 0.717) is 4.64 Å². The van der Waals surface area contributed by atoms with E-state index < -0.39 is 17.5 Å². The van der Waals surface area contributed by atoms with Gasteiger partial charge in [0.15, 0.2) is 17.5 Å². The summed E-state index contributed by atoms with van der Waals surface area (Å²) < 4.78 is 40.4. The molecule has 2 aromatic rings. The van der Waals surface area contributed by atoms with Crippen LogP contribution in [0.5, 0.6) is 0 Å². The number of hydrogen-bond acceptors (Lipinski definition) is 1. The van der Waals surface area contributed by atoms with Crippen molar-refractivity contribution in [3.8, 4) is 5.69 Å². The molecule has 16 heavy (non-hydrogen) atoms. The second kappa shape index (κ2) is 3.79. The lowest BCUT2D eigenvalue weighted by atomic mass is 10.3. The van der Waals surface area contributed by atoms with E-state index in [1.807, 2.05) is 0 Å². The monoisotopic (exact) mass is 244 g/mol. The van der Waals surface area contributed by atoms with Gasteiger partial charge in [-0.15, -0.1) is 0 Å². The van der Waals surface area contributed by atoms with E-state index >= 15 is 0 Å². The van der Waals surface area contributed by atoms with Crippen LogP contribution in [0.4, 0.5) is 13.2 Å². The van der Waals surface area contributed by atoms with Crippen LogP contribution in [0.1, 0.15) is 5.69 Å². The molecule has 0 saturated heterocycles. The molecule has 2 rings (SSSR count). The first-order chi connectivity index (χ1) is 7.49. The SMILES string of the molecule is Cc1cc(=S)n(-c2cc(F)c(F)c(F)c2)[nH]1. The Balaban J connectivity index is 2.66. The van der Waals surface area contributed by atoms with Crippen molar-refractivity contribution < 1.29 is 13.2 Å². The third-order valence-electron chi connectivity index (χ3n) is 2.08. The summed E-state index contributed by atoms with van der Waals surface area (Å²) >= 11 is 4.97. The molecule has 0 atom stereocenters. The number of H-pyrrole nitrogens is 1. The third-order valence-corrected chi connectivity index (χ3v) is 2.38. The van der Waals surface area contributed by atoms with Gasteiger partial charge in [-0.1, -0.05) is 12.2 Å². The maximum Gasteiger partial charge on any atom is 0.194 e. The predicted octanol–water partition coefficient (Wildman–Crippen LogP) is 3.26. The minimum Gasteiger partial charge on any atom is -0.297 e. The van der Waals surface area contributed by atoms with Gasteiger partial charge >= 0.3 is 0 Å². The number of aromatic amines is 1. The first-order valence-corrected chi connectivity index (χ1v) is 4.83. The van der Waals surface area contributed by atoms with Crippen molar-refractivity contribution >= 4 is 12.2 Å². The van der Waals surface area contributed by atoms with Crippen LogP contribution in [-0.4, -0.2) is 9.78 Å². The maximum atomic E-state index is 13.0. The van der Waals surface area contributed by atoms with Crippen molar-refractivity contribution in [2.24, 2.45) is 0 Å². The minimum atomic E-state index is -1.49. The molecular formula is C10H7F3N2S. The zero-order chi connectivity index (χ0) is 11.9. The number of aryl methyl sites for hydroxylation is 1. The van der Waals surface area contributed by atoms with Crippen LogP contribution in [0.3, 0.4) is 0 Å². The molecule has 1 heterocycles. The van der Waals surface area contributed by atoms with E-state index in [1.54, 1.807) is 13.0 Å². The van der Waals surface area contributed by atoms with E-state index in [9.17, 15) is 13.2 Å². The Morgan fingerprint density at radius 1 is 1.12 bits per heavy atom. The van der Waals surface area contributed by atoms with Gasteiger partial charge in [0, 0.05) is 17.8 Å². The molecule has 1 aromatic heterocycles. The molecule has 0 aliphatic carbocycles. The number of aromatic nitrogens is 2. The van der Waals surface area contributed by atoms with Gasteiger partial charge < -0.3 is 0 Å². The molecule has 2 nitrogen and oxygen atoms in total. The lowest BCUT2D eigenvalue weighted by Gasteiger charge is -2.04. The molecule has 6 heteroatoms. The topological polar surface area (TPSA) is 20.7 Å². The molecule has 0 aliphatic rings. The van der Waals surface area contributed by atoms with Gasteiger partial charge in [-0.05, 0) is 13.0 Å². The van der Waals surface area contributed by atoms with Gasteiger partial charge in [0.1, 0.15) is 4.64 Å². The summed E-state index contributed by atoms with van der Waals surface area (Å²) in [5.74, 6) is -3.98. The molecule has 0 amide bonds. The number of nitrogens with one attached hydrogen (secondary N) is 1. The van der Waals surface area contributed by atoms with Crippen molar-refractivity contribution in [1.29, 1.82) is 0 Å². The first-order valence-electron chi connectivity index (χ1n) is 4.42. The zero-order valence-corrected chi connectivity index (χ0v) is 9.04. The highest BCUT2D eigenvalue weighted by molar-refractivity contribution is 7.71. The predicted molar refractivity (Wildman–Crippen MR) is 55.6 cm³/mol. The first kappa shape index (κ1) is 10.9. The van der Waals surface area contributed by atoms with Gasteiger partial charge in [0.2, 0.25) is 0 Å². The van der Waals surface area contributed by atoms with Crippen molar-refractivity contribution in [3.05, 3.63) is 46.0 Å². The molecule has 0 aliphatic heterocycles. The number of rotatable bonds is 1. The zero-order valence-electron chi connectivity index (χ0n) is 8.22. The quantitative estimate of drug-likeness (QED) is 0.603. The van der Waals surface area contributed by atoms with Gasteiger partial charge in [-0.25, -0.2) is 17.9 Å². The largest absolute Gasteiger partial charge is 0.297 e. The summed E-state index contributed by atoms with van der Waals surface area (Å²) in [6.07, 6.45) is 0. The lowest BCUT2D eigenvalue weighted by molar-refractivity contribution is 0.446. The van der Waals surface area contributed by atoms with E-state index in [2.05, 4.69) is 5.10 Å². The Morgan fingerprint density at radius 3 is 2.12 bits per heavy atom. The highest BCUT2D eigenvalue weighted by Crippen LogP contribution is 2.17. The molecule has 0 unspecified atom stereocenters. The fraction of sp³-hybridized carbons (Fsp3) is 0.100. The normalized spacial score (nSPS) is 10.8. The highest BCUT2D eigenvalue weighted by atomic mass is 32.1. The van der Waals surface area contributed by atoms with E-state index in [1.165, 1.54) is 4.68 Å². The fourth-order valence-electron chi connectivity index (χ4n) is 1.38. The Hall–Kier alpha value is -1.56. The van der Waals surface area contributed by atoms with Crippen molar-refractivity contribution in [2.75, 3.05) is 0 Å². The molecule has 1 aromatic carbocycles. The molecule has 0 fully saturated rings. The van der Waals surface area contributed by atoms with Crippen molar-refractivity contribution in [2.45, 2.75) is 6.92 Å². The standard InChI is InChI=1S/C10H7F3N2S/c1-5-2-9(16)15(14-5)6-3-7(11)10(13)8(12)4-6/h2-4,14H,1H3. The van der Waals surface area contributed by atoms with Crippen molar-refractivity contribution in [3.63, 3.8) is 0 Å². The molecule has 0 spiro atoms. The van der Waals surface area contributed by atoms with Gasteiger partial charge in [-0.2, -0.15) is 0 Å². The molecule has 1 N–H and O–H groups in total. The average Bonchev–Trinajstić information content (AvgIpc) is 2.53. The molecule has 84 valence electrons. The van der Waals surface area contributed by atoms with Crippen LogP contribution >= 0.6 is 12.2 Å². The Kier molecular flexibility index (Phi) is 2.59. The summed E-state index contributed by atoms with van der Waals surface area (Å²) in [7, 11) is 0. The van der Waals surface area contributed by atoms with Crippen LogP contribution in [0.15, 0.2) is 18.2 Å². The Morgan fingerprint density at radius 2 is 1.69 bits per heavy atom. The third kappa shape index (κ3) is 1.76. The summed E-state index contributed by atoms with van der Waals surface area (Å²) in [5.41, 5.74) is 0.865. The molecule has 0 bridgehead atoms. The number of hydrogen-bond donors (Lipinski definition) is 1. The van der Waals surface area contributed by atoms with Crippen molar-refractivity contribution in [1.82, 2.24) is 9.78 Å². The summed E-state index contributed by atoms with van der Waals surface area (Å²) in [4.78, 5) is 0. The van der Waals surface area contributed by atoms with Crippen LogP contribution in [0, 0.1) is 29.0 Å². The van der Waals surface area contributed by atoms with Crippen LogP contribution < -0.4 is 0 Å². The lowest BCUT2D eigenvalue weighted by Crippen LogP contribution is -2.01. The summed E-state index contributed by atoms with van der Waals surface area (Å²) in [6.45, 7) is 1.75. The minimum absolute atomic E-state index is 0.120. The number of benzene rings is 1. The number of nitrogens with zero attached hydrogens (tertiary/aromatic N) is 1. The summed E-state index contributed by atoms with van der Waals surface area (Å²) in [5, 5.41) is 2.79. The second-order valence-electron chi connectivity index (χ2n) is 3.34. The second-order valence-corrected chi connectivity index (χ2v) is 3.75. The smallest absolute Gasteiger partial charge is 0.194 e. The Bertz CT molecular complexity index is 577. The summed E-state index contributed by atoms with van der Waals surface area (Å²) in [6, 6.07) is 3.39. The van der Waals surface area contributed by atoms with E-state index in [0.717, 1.165) is 17.8 Å². The fourth-order valence-corrected chi connectivity index (χ4v) is 1.70. The number of halogens is 3. The van der Waals surface area contributed by atoms with E-state index in [-0.39, 0.29) is 5.69 Å². The van der Waals surface area contributed by atoms with Gasteiger partial charge in [0.25, 0.3) is 0 Å². The maximum absolute atomic E-state index is 13.0. The van der Waals surface area contributed by atoms with E-state index in [4.69, 9.17) is 12.2 Å². The van der Waals surface area contributed by atoms with Crippen LogP contribution in [-0.2, 0) is 0 Å². The highest BCUT2D eigenvalue weighted by Gasteiger charge is 2.12. The Labute approximate surface area is 94.3 Å². The van der Waals surface area contributed by atoms with Gasteiger partial charge in [0.05, 0.1) is 5.69 Å². The van der Waals surface area contributed by atoms with Crippen LogP contribution in [0.2, 0.25) is 0 Å². The average molecular weight is 244 g/mol.